The Kier molecular flexibility index (Phi) is 31.1. The van der Waals surface area contributed by atoms with Gasteiger partial charge in [-0.15, -0.1) is 47.0 Å². The van der Waals surface area contributed by atoms with Crippen molar-refractivity contribution in [1.29, 1.82) is 10.5 Å². The van der Waals surface area contributed by atoms with E-state index < -0.39 is 0 Å². The number of benzene rings is 2. The van der Waals surface area contributed by atoms with Crippen molar-refractivity contribution in [3.8, 4) is 17.8 Å². The molecule has 0 bridgehead atoms. The number of hydrogen-bond donors (Lipinski definition) is 2. The topological polar surface area (TPSA) is 103 Å². The van der Waals surface area contributed by atoms with Crippen LogP contribution >= 0.6 is 174 Å². The van der Waals surface area contributed by atoms with Gasteiger partial charge in [0.15, 0.2) is 0 Å². The lowest BCUT2D eigenvalue weighted by molar-refractivity contribution is 0.779. The maximum atomic E-state index is 9.03. The zero-order valence-electron chi connectivity index (χ0n) is 39.8. The second-order valence-electron chi connectivity index (χ2n) is 15.2. The summed E-state index contributed by atoms with van der Waals surface area (Å²) in [6, 6.07) is 19.5. The van der Waals surface area contributed by atoms with Crippen LogP contribution in [0.25, 0.3) is 5.69 Å². The molecule has 5 nitrogen and oxygen atoms in total. The average molecular weight is 1280 g/mol. The van der Waals surface area contributed by atoms with Crippen LogP contribution in [-0.4, -0.2) is 32.6 Å². The molecule has 0 radical (unpaired) electrons. The van der Waals surface area contributed by atoms with Gasteiger partial charge < -0.3 is 15.7 Å². The van der Waals surface area contributed by atoms with Gasteiger partial charge in [-0.05, 0) is 120 Å². The number of thioether (sulfide) groups is 12. The van der Waals surface area contributed by atoms with Crippen molar-refractivity contribution in [3.05, 3.63) is 122 Å². The minimum absolute atomic E-state index is 0. The summed E-state index contributed by atoms with van der Waals surface area (Å²) in [6.45, 7) is 9.12. The van der Waals surface area contributed by atoms with E-state index in [2.05, 4.69) is 144 Å². The third-order valence-corrected chi connectivity index (χ3v) is 28.0. The van der Waals surface area contributed by atoms with Crippen LogP contribution in [0.2, 0.25) is 0 Å². The molecule has 0 aliphatic carbocycles. The predicted octanol–water partition coefficient (Wildman–Crippen LogP) is 21.3. The fourth-order valence-corrected chi connectivity index (χ4v) is 24.1. The van der Waals surface area contributed by atoms with Gasteiger partial charge in [0.25, 0.3) is 0 Å². The van der Waals surface area contributed by atoms with Crippen molar-refractivity contribution in [1.82, 2.24) is 15.7 Å². The summed E-state index contributed by atoms with van der Waals surface area (Å²) in [6.07, 6.45) is 24.5. The Bertz CT molecular complexity index is 2330. The first-order chi connectivity index (χ1) is 32.9. The van der Waals surface area contributed by atoms with Crippen molar-refractivity contribution < 1.29 is 0 Å². The number of nitrogens with one attached hydrogen (secondary N) is 1. The van der Waals surface area contributed by atoms with Gasteiger partial charge in [-0.2, -0.15) is 20.4 Å². The lowest BCUT2D eigenvalue weighted by Crippen LogP contribution is -1.89. The maximum absolute atomic E-state index is 9.03. The summed E-state index contributed by atoms with van der Waals surface area (Å²) in [4.78, 5) is 8.64. The molecule has 4 aliphatic heterocycles. The minimum atomic E-state index is 0. The van der Waals surface area contributed by atoms with Crippen molar-refractivity contribution in [3.63, 3.8) is 0 Å². The Labute approximate surface area is 481 Å². The van der Waals surface area contributed by atoms with E-state index >= 15 is 0 Å². The molecule has 0 saturated heterocycles. The number of halogens is 1. The van der Waals surface area contributed by atoms with Crippen molar-refractivity contribution in [2.24, 2.45) is 0 Å². The zero-order chi connectivity index (χ0) is 47.2. The van der Waals surface area contributed by atoms with E-state index in [1.165, 1.54) is 145 Å². The molecule has 6 heterocycles. The third kappa shape index (κ3) is 20.0. The SMILES string of the molecule is CCCCCSC1=C(SCCCCC)SC(=C2Sc3c[nH]cc3S2)S1.CCCCCSC1=C(SCCCCC)SC(=C2Sc3cn(-c4ccc(C#N)cc4)cc3S2)S1.N.N#Cc1ccc(I)cc1.P. The smallest absolute Gasteiger partial charge is 0.0991 e. The molecule has 0 fully saturated rings. The Balaban J connectivity index is 0.000000254. The monoisotopic (exact) mass is 1280 g/mol. The summed E-state index contributed by atoms with van der Waals surface area (Å²) < 4.78 is 15.4. The number of nitriles is 2. The molecule has 8 rings (SSSR count). The van der Waals surface area contributed by atoms with Crippen LogP contribution < -0.4 is 6.15 Å². The summed E-state index contributed by atoms with van der Waals surface area (Å²) in [5, 5.41) is 17.4. The van der Waals surface area contributed by atoms with Gasteiger partial charge in [0.05, 0.1) is 57.2 Å². The number of rotatable bonds is 21. The first kappa shape index (κ1) is 61.8. The number of H-pyrrole nitrogens is 1. The molecule has 1 unspecified atom stereocenters. The molecule has 4 aromatic rings. The van der Waals surface area contributed by atoms with E-state index in [-0.39, 0.29) is 16.0 Å². The Morgan fingerprint density at radius 2 is 0.797 bits per heavy atom. The number of hydrogen-bond acceptors (Lipinski definition) is 15. The maximum Gasteiger partial charge on any atom is 0.0991 e. The number of nitrogens with zero attached hydrogens (tertiary/aromatic N) is 3. The average Bonchev–Trinajstić information content (AvgIpc) is 4.22. The van der Waals surface area contributed by atoms with E-state index in [1.54, 1.807) is 8.47 Å². The second-order valence-corrected chi connectivity index (χ2v) is 31.2. The molecule has 4 aliphatic rings. The molecule has 69 heavy (non-hydrogen) atoms. The van der Waals surface area contributed by atoms with Crippen molar-refractivity contribution in [2.45, 2.75) is 124 Å². The lowest BCUT2D eigenvalue weighted by atomic mass is 10.2. The summed E-state index contributed by atoms with van der Waals surface area (Å²) in [5.41, 5.74) is 2.51. The Morgan fingerprint density at radius 1 is 0.478 bits per heavy atom. The Hall–Kier alpha value is 0.260. The van der Waals surface area contributed by atoms with Crippen LogP contribution in [0, 0.1) is 26.2 Å². The van der Waals surface area contributed by atoms with Gasteiger partial charge in [0, 0.05) is 53.6 Å². The number of unbranched alkanes of at least 4 members (excludes halogenated alkanes) is 8. The zero-order valence-corrected chi connectivity index (χ0v) is 53.1. The van der Waals surface area contributed by atoms with Gasteiger partial charge in [0.2, 0.25) is 0 Å². The molecule has 0 saturated carbocycles. The minimum Gasteiger partial charge on any atom is -0.366 e. The highest BCUT2D eigenvalue weighted by atomic mass is 127. The highest BCUT2D eigenvalue weighted by Gasteiger charge is 2.31. The fraction of sp³-hybridized carbons (Fsp3) is 0.400. The highest BCUT2D eigenvalue weighted by Crippen LogP contribution is 2.66. The number of fused-ring (bicyclic) bond motifs is 2. The van der Waals surface area contributed by atoms with E-state index in [4.69, 9.17) is 10.5 Å². The molecule has 1 atom stereocenters. The lowest BCUT2D eigenvalue weighted by Gasteiger charge is -2.05. The predicted molar refractivity (Wildman–Crippen MR) is 341 cm³/mol. The molecule has 0 amide bonds. The number of aromatic nitrogens is 2. The van der Waals surface area contributed by atoms with Crippen LogP contribution in [-0.2, 0) is 0 Å². The van der Waals surface area contributed by atoms with Gasteiger partial charge >= 0.3 is 0 Å². The van der Waals surface area contributed by atoms with Gasteiger partial charge in [-0.3, -0.25) is 0 Å². The quantitative estimate of drug-likeness (QED) is 0.0470. The van der Waals surface area contributed by atoms with Gasteiger partial charge in [-0.25, -0.2) is 0 Å². The normalized spacial score (nSPS) is 14.7. The van der Waals surface area contributed by atoms with Crippen LogP contribution in [0.3, 0.4) is 0 Å². The van der Waals surface area contributed by atoms with Gasteiger partial charge in [-0.1, -0.05) is 173 Å². The van der Waals surface area contributed by atoms with E-state index in [0.29, 0.717) is 5.56 Å². The largest absolute Gasteiger partial charge is 0.366 e. The molecular weight excluding hydrogens is 1210 g/mol. The molecule has 2 aromatic heterocycles. The van der Waals surface area contributed by atoms with Crippen molar-refractivity contribution in [2.75, 3.05) is 23.0 Å². The first-order valence-corrected chi connectivity index (χ1v) is 34.4. The van der Waals surface area contributed by atoms with Crippen molar-refractivity contribution >= 4 is 174 Å². The molecular formula is C50H63IN5PS12. The molecule has 2 aromatic carbocycles. The summed E-state index contributed by atoms with van der Waals surface area (Å²) in [7, 11) is 0. The molecule has 0 spiro atoms. The van der Waals surface area contributed by atoms with Crippen LogP contribution in [0.4, 0.5) is 0 Å². The van der Waals surface area contributed by atoms with Crippen LogP contribution in [0.1, 0.15) is 116 Å². The van der Waals surface area contributed by atoms with E-state index in [1.807, 2.05) is 143 Å². The second kappa shape index (κ2) is 34.8. The van der Waals surface area contributed by atoms with E-state index in [0.717, 1.165) is 14.8 Å². The molecule has 4 N–H and O–H groups in total. The molecule has 372 valence electrons. The standard InChI is InChI=1S/C25H28N2S6.C18H25NS6.C7H4IN.H3N.H3P/c1-3-5-7-13-28-22-23(29-14-8-6-4-2)33-25(32-22)24-30-20-16-27(17-21(20)31-24)19-11-9-18(15-26)10-12-19;1-3-5-7-9-20-15-16(21-10-8-6-4-2)25-18(24-15)17-22-13-11-19-12-14(13)23-17;8-7-3-1-6(5-9)2-4-7;;/h9-12,16-17H,3-8,13-14H2,1-2H3;11-12,19H,3-10H2,1-2H3;1-4H;2*1H3. The third-order valence-electron chi connectivity index (χ3n) is 9.84. The van der Waals surface area contributed by atoms with Gasteiger partial charge in [0.1, 0.15) is 0 Å². The molecule has 19 heteroatoms. The fourth-order valence-electron chi connectivity index (χ4n) is 6.19. The van der Waals surface area contributed by atoms with Crippen LogP contribution in [0.5, 0.6) is 0 Å². The Morgan fingerprint density at radius 3 is 1.13 bits per heavy atom. The van der Waals surface area contributed by atoms with E-state index in [9.17, 15) is 0 Å². The first-order valence-electron chi connectivity index (χ1n) is 22.8. The van der Waals surface area contributed by atoms with Crippen LogP contribution in [0.15, 0.2) is 127 Å². The summed E-state index contributed by atoms with van der Waals surface area (Å²) >= 11 is 26.2. The number of aromatic amines is 1. The summed E-state index contributed by atoms with van der Waals surface area (Å²) in [5.74, 6) is 4.99. The highest BCUT2D eigenvalue weighted by molar-refractivity contribution is 14.1.